The second-order valence-corrected chi connectivity index (χ2v) is 7.07. The number of thioether (sulfide) groups is 1. The molecular weight excluding hydrogens is 360 g/mol. The van der Waals surface area contributed by atoms with Crippen LogP contribution in [-0.4, -0.2) is 43.7 Å². The highest BCUT2D eigenvalue weighted by atomic mass is 32.2. The van der Waals surface area contributed by atoms with Gasteiger partial charge in [0.2, 0.25) is 0 Å². The Morgan fingerprint density at radius 1 is 1.00 bits per heavy atom. The number of hydrogen-bond acceptors (Lipinski definition) is 4. The molecule has 0 saturated heterocycles. The molecule has 27 heavy (non-hydrogen) atoms. The van der Waals surface area contributed by atoms with Gasteiger partial charge in [0, 0.05) is 12.5 Å². The number of methoxy groups -OCH3 is 1. The average Bonchev–Trinajstić information content (AvgIpc) is 2.72. The lowest BCUT2D eigenvalue weighted by Crippen LogP contribution is -2.47. The quantitative estimate of drug-likeness (QED) is 0.648. The first kappa shape index (κ1) is 20.8. The van der Waals surface area contributed by atoms with Gasteiger partial charge in [-0.2, -0.15) is 11.8 Å². The van der Waals surface area contributed by atoms with E-state index in [-0.39, 0.29) is 11.9 Å². The minimum Gasteiger partial charge on any atom is -0.467 e. The van der Waals surface area contributed by atoms with Gasteiger partial charge in [-0.25, -0.2) is 9.59 Å². The number of rotatable bonds is 9. The number of esters is 1. The van der Waals surface area contributed by atoms with E-state index in [4.69, 9.17) is 4.74 Å². The lowest BCUT2D eigenvalue weighted by Gasteiger charge is -2.21. The fourth-order valence-corrected chi connectivity index (χ4v) is 3.30. The van der Waals surface area contributed by atoms with Crippen LogP contribution in [0, 0.1) is 0 Å². The zero-order valence-electron chi connectivity index (χ0n) is 15.7. The van der Waals surface area contributed by atoms with Crippen LogP contribution in [0.5, 0.6) is 0 Å². The summed E-state index contributed by atoms with van der Waals surface area (Å²) in [6.07, 6.45) is 2.49. The summed E-state index contributed by atoms with van der Waals surface area (Å²) in [7, 11) is 1.33. The first-order chi connectivity index (χ1) is 13.2. The van der Waals surface area contributed by atoms with Crippen molar-refractivity contribution in [1.29, 1.82) is 0 Å². The summed E-state index contributed by atoms with van der Waals surface area (Å²) in [4.78, 5) is 24.2. The van der Waals surface area contributed by atoms with Gasteiger partial charge in [0.1, 0.15) is 6.04 Å². The van der Waals surface area contributed by atoms with Gasteiger partial charge in [-0.3, -0.25) is 0 Å². The molecule has 0 heterocycles. The highest BCUT2D eigenvalue weighted by molar-refractivity contribution is 7.98. The smallest absolute Gasteiger partial charge is 0.328 e. The van der Waals surface area contributed by atoms with E-state index in [9.17, 15) is 9.59 Å². The maximum Gasteiger partial charge on any atom is 0.328 e. The Bertz CT molecular complexity index is 670. The molecule has 1 unspecified atom stereocenters. The van der Waals surface area contributed by atoms with Crippen molar-refractivity contribution in [2.75, 3.05) is 25.7 Å². The van der Waals surface area contributed by atoms with Crippen LogP contribution < -0.4 is 10.6 Å². The fraction of sp³-hybridized carbons (Fsp3) is 0.333. The lowest BCUT2D eigenvalue weighted by molar-refractivity contribution is -0.142. The summed E-state index contributed by atoms with van der Waals surface area (Å²) < 4.78 is 4.78. The van der Waals surface area contributed by atoms with Crippen molar-refractivity contribution in [1.82, 2.24) is 10.6 Å². The van der Waals surface area contributed by atoms with Crippen molar-refractivity contribution >= 4 is 23.8 Å². The van der Waals surface area contributed by atoms with E-state index in [0.29, 0.717) is 13.0 Å². The van der Waals surface area contributed by atoms with Crippen molar-refractivity contribution in [2.45, 2.75) is 18.4 Å². The van der Waals surface area contributed by atoms with Gasteiger partial charge >= 0.3 is 12.0 Å². The van der Waals surface area contributed by atoms with Gasteiger partial charge in [0.25, 0.3) is 0 Å². The first-order valence-electron chi connectivity index (χ1n) is 8.86. The van der Waals surface area contributed by atoms with Gasteiger partial charge in [0.15, 0.2) is 0 Å². The number of carbonyl (C=O) groups excluding carboxylic acids is 2. The molecule has 0 fully saturated rings. The summed E-state index contributed by atoms with van der Waals surface area (Å²) in [5, 5.41) is 5.62. The molecule has 0 aromatic heterocycles. The van der Waals surface area contributed by atoms with Crippen LogP contribution in [0.1, 0.15) is 23.5 Å². The summed E-state index contributed by atoms with van der Waals surface area (Å²) in [5.74, 6) is 0.360. The van der Waals surface area contributed by atoms with E-state index < -0.39 is 12.0 Å². The normalized spacial score (nSPS) is 11.7. The Morgan fingerprint density at radius 3 is 2.04 bits per heavy atom. The molecule has 2 amide bonds. The van der Waals surface area contributed by atoms with Gasteiger partial charge in [-0.05, 0) is 29.6 Å². The minimum absolute atomic E-state index is 0.0286. The van der Waals surface area contributed by atoms with E-state index in [0.717, 1.165) is 16.9 Å². The largest absolute Gasteiger partial charge is 0.467 e. The monoisotopic (exact) mass is 386 g/mol. The van der Waals surface area contributed by atoms with Crippen LogP contribution in [0.4, 0.5) is 4.79 Å². The highest BCUT2D eigenvalue weighted by Gasteiger charge is 2.22. The maximum atomic E-state index is 12.4. The Balaban J connectivity index is 2.03. The summed E-state index contributed by atoms with van der Waals surface area (Å²) in [6.45, 7) is 0.427. The standard InChI is InChI=1S/C21H26N2O3S/c1-26-20(24)19(13-14-27-2)23-21(25)22-15-18(16-9-5-3-6-10-16)17-11-7-4-8-12-17/h3-12,18-19H,13-15H2,1-2H3,(H2,22,23,25). The number of carbonyl (C=O) groups is 2. The van der Waals surface area contributed by atoms with E-state index >= 15 is 0 Å². The molecule has 0 bridgehead atoms. The minimum atomic E-state index is -0.644. The number of nitrogens with one attached hydrogen (secondary N) is 2. The van der Waals surface area contributed by atoms with Crippen molar-refractivity contribution in [3.63, 3.8) is 0 Å². The molecule has 0 saturated carbocycles. The van der Waals surface area contributed by atoms with Crippen molar-refractivity contribution < 1.29 is 14.3 Å². The predicted octanol–water partition coefficient (Wildman–Crippen LogP) is 3.41. The second kappa shape index (κ2) is 11.3. The van der Waals surface area contributed by atoms with E-state index in [1.165, 1.54) is 7.11 Å². The van der Waals surface area contributed by atoms with Crippen molar-refractivity contribution in [2.24, 2.45) is 0 Å². The summed E-state index contributed by atoms with van der Waals surface area (Å²) in [5.41, 5.74) is 2.24. The molecule has 0 spiro atoms. The number of hydrogen-bond donors (Lipinski definition) is 2. The summed E-state index contributed by atoms with van der Waals surface area (Å²) >= 11 is 1.62. The van der Waals surface area contributed by atoms with E-state index in [1.54, 1.807) is 11.8 Å². The van der Waals surface area contributed by atoms with Crippen LogP contribution in [0.25, 0.3) is 0 Å². The maximum absolute atomic E-state index is 12.4. The van der Waals surface area contributed by atoms with Gasteiger partial charge in [-0.15, -0.1) is 0 Å². The second-order valence-electron chi connectivity index (χ2n) is 6.09. The molecule has 2 rings (SSSR count). The predicted molar refractivity (Wildman–Crippen MR) is 110 cm³/mol. The average molecular weight is 387 g/mol. The van der Waals surface area contributed by atoms with Crippen LogP contribution in [-0.2, 0) is 9.53 Å². The molecule has 0 aliphatic carbocycles. The molecule has 0 aliphatic rings. The van der Waals surface area contributed by atoms with Gasteiger partial charge in [-0.1, -0.05) is 60.7 Å². The third-order valence-electron chi connectivity index (χ3n) is 4.27. The molecule has 1 atom stereocenters. The topological polar surface area (TPSA) is 67.4 Å². The fourth-order valence-electron chi connectivity index (χ4n) is 2.83. The number of amides is 2. The number of ether oxygens (including phenoxy) is 1. The molecule has 2 N–H and O–H groups in total. The Hall–Kier alpha value is -2.47. The molecule has 2 aromatic rings. The van der Waals surface area contributed by atoms with Crippen molar-refractivity contribution in [3.05, 3.63) is 71.8 Å². The molecule has 6 heteroatoms. The van der Waals surface area contributed by atoms with E-state index in [2.05, 4.69) is 10.6 Å². The lowest BCUT2D eigenvalue weighted by atomic mass is 9.91. The molecule has 2 aromatic carbocycles. The van der Waals surface area contributed by atoms with Crippen LogP contribution in [0.3, 0.4) is 0 Å². The molecule has 144 valence electrons. The SMILES string of the molecule is COC(=O)C(CCSC)NC(=O)NCC(c1ccccc1)c1ccccc1. The zero-order valence-corrected chi connectivity index (χ0v) is 16.5. The van der Waals surface area contributed by atoms with Gasteiger partial charge in [0.05, 0.1) is 7.11 Å². The van der Waals surface area contributed by atoms with E-state index in [1.807, 2.05) is 66.9 Å². The molecule has 5 nitrogen and oxygen atoms in total. The van der Waals surface area contributed by atoms with Crippen LogP contribution >= 0.6 is 11.8 Å². The van der Waals surface area contributed by atoms with Gasteiger partial charge < -0.3 is 15.4 Å². The van der Waals surface area contributed by atoms with Crippen molar-refractivity contribution in [3.8, 4) is 0 Å². The molecule has 0 aliphatic heterocycles. The third kappa shape index (κ3) is 6.64. The Labute approximate surface area is 164 Å². The number of benzene rings is 2. The Kier molecular flexibility index (Phi) is 8.71. The third-order valence-corrected chi connectivity index (χ3v) is 4.92. The Morgan fingerprint density at radius 2 is 1.56 bits per heavy atom. The number of urea groups is 1. The first-order valence-corrected chi connectivity index (χ1v) is 10.3. The highest BCUT2D eigenvalue weighted by Crippen LogP contribution is 2.23. The molecular formula is C21H26N2O3S. The molecule has 0 radical (unpaired) electrons. The zero-order chi connectivity index (χ0) is 19.5. The summed E-state index contributed by atoms with van der Waals surface area (Å²) in [6, 6.07) is 19.1. The van der Waals surface area contributed by atoms with Crippen LogP contribution in [0.15, 0.2) is 60.7 Å². The van der Waals surface area contributed by atoms with Crippen LogP contribution in [0.2, 0.25) is 0 Å².